The Balaban J connectivity index is 1.41. The van der Waals surface area contributed by atoms with Crippen LogP contribution in [0.2, 0.25) is 0 Å². The van der Waals surface area contributed by atoms with E-state index in [0.29, 0.717) is 18.4 Å². The molecule has 7 nitrogen and oxygen atoms in total. The molecule has 1 aliphatic carbocycles. The third-order valence-corrected chi connectivity index (χ3v) is 7.56. The largest absolute Gasteiger partial charge is 0.449 e. The van der Waals surface area contributed by atoms with Crippen LogP contribution in [0.25, 0.3) is 0 Å². The van der Waals surface area contributed by atoms with Crippen molar-refractivity contribution >= 4 is 23.4 Å². The Bertz CT molecular complexity index is 865. The number of aliphatic hydroxyl groups is 1. The number of nitrogens with zero attached hydrogens (tertiary/aromatic N) is 2. The number of rotatable bonds is 5. The van der Waals surface area contributed by atoms with Gasteiger partial charge in [-0.3, -0.25) is 10.1 Å². The summed E-state index contributed by atoms with van der Waals surface area (Å²) < 4.78 is 5.22. The molecular weight excluding hydrogens is 418 g/mol. The molecule has 1 unspecified atom stereocenters. The predicted molar refractivity (Wildman–Crippen MR) is 129 cm³/mol. The van der Waals surface area contributed by atoms with E-state index >= 15 is 0 Å². The minimum absolute atomic E-state index is 0.199. The van der Waals surface area contributed by atoms with Crippen molar-refractivity contribution in [3.8, 4) is 0 Å². The van der Waals surface area contributed by atoms with Crippen molar-refractivity contribution < 1.29 is 19.4 Å². The lowest BCUT2D eigenvalue weighted by Crippen LogP contribution is -2.50. The smallest absolute Gasteiger partial charge is 0.411 e. The molecule has 182 valence electrons. The molecule has 0 aromatic heterocycles. The van der Waals surface area contributed by atoms with E-state index in [4.69, 9.17) is 4.74 Å². The van der Waals surface area contributed by atoms with Gasteiger partial charge in [0, 0.05) is 37.1 Å². The third-order valence-electron chi connectivity index (χ3n) is 7.56. The standard InChI is InChI=1S/C26H39N3O4/c1-18(2)16-33-25(32)27-20-5-10-23(19(3)15-20)28-13-4-11-26(17-28)12-14-29(24(26)31)21-6-8-22(30)9-7-21/h5,10,15,18,21-22,30H,4,6-9,11-14,16-17H2,1-3H3,(H,27,32). The van der Waals surface area contributed by atoms with Gasteiger partial charge in [-0.25, -0.2) is 4.79 Å². The molecule has 1 spiro atoms. The summed E-state index contributed by atoms with van der Waals surface area (Å²) in [5.41, 5.74) is 2.64. The summed E-state index contributed by atoms with van der Waals surface area (Å²) in [6.07, 6.45) is 5.69. The second-order valence-electron chi connectivity index (χ2n) is 10.6. The number of likely N-dealkylation sites (tertiary alicyclic amines) is 1. The second kappa shape index (κ2) is 9.92. The number of carbonyl (C=O) groups excluding carboxylic acids is 2. The zero-order valence-corrected chi connectivity index (χ0v) is 20.3. The van der Waals surface area contributed by atoms with Crippen LogP contribution in [-0.4, -0.2) is 60.4 Å². The molecule has 0 bridgehead atoms. The predicted octanol–water partition coefficient (Wildman–Crippen LogP) is 4.32. The van der Waals surface area contributed by atoms with Gasteiger partial charge < -0.3 is 19.6 Å². The van der Waals surface area contributed by atoms with Crippen molar-refractivity contribution in [2.24, 2.45) is 11.3 Å². The lowest BCUT2D eigenvalue weighted by molar-refractivity contribution is -0.139. The maximum Gasteiger partial charge on any atom is 0.411 e. The van der Waals surface area contributed by atoms with Crippen molar-refractivity contribution in [2.45, 2.75) is 77.9 Å². The fourth-order valence-electron chi connectivity index (χ4n) is 5.77. The summed E-state index contributed by atoms with van der Waals surface area (Å²) in [7, 11) is 0. The molecule has 1 atom stereocenters. The molecule has 0 radical (unpaired) electrons. The van der Waals surface area contributed by atoms with Gasteiger partial charge in [-0.2, -0.15) is 0 Å². The minimum Gasteiger partial charge on any atom is -0.449 e. The molecule has 33 heavy (non-hydrogen) atoms. The van der Waals surface area contributed by atoms with Crippen molar-refractivity contribution in [1.82, 2.24) is 4.90 Å². The number of hydrogen-bond acceptors (Lipinski definition) is 5. The molecular formula is C26H39N3O4. The van der Waals surface area contributed by atoms with Crippen molar-refractivity contribution in [1.29, 1.82) is 0 Å². The van der Waals surface area contributed by atoms with Gasteiger partial charge in [-0.15, -0.1) is 0 Å². The summed E-state index contributed by atoms with van der Waals surface area (Å²) in [5, 5.41) is 12.7. The number of carbonyl (C=O) groups is 2. The lowest BCUT2D eigenvalue weighted by atomic mass is 9.78. The second-order valence-corrected chi connectivity index (χ2v) is 10.6. The molecule has 1 aromatic rings. The molecule has 1 aromatic carbocycles. The van der Waals surface area contributed by atoms with Crippen LogP contribution in [0.4, 0.5) is 16.2 Å². The van der Waals surface area contributed by atoms with E-state index in [0.717, 1.165) is 81.5 Å². The molecule has 1 saturated carbocycles. The van der Waals surface area contributed by atoms with Gasteiger partial charge in [0.25, 0.3) is 0 Å². The van der Waals surface area contributed by atoms with Crippen LogP contribution in [0.15, 0.2) is 18.2 Å². The van der Waals surface area contributed by atoms with Gasteiger partial charge in [0.05, 0.1) is 18.1 Å². The topological polar surface area (TPSA) is 82.1 Å². The quantitative estimate of drug-likeness (QED) is 0.688. The Kier molecular flexibility index (Phi) is 7.17. The number of hydrogen-bond donors (Lipinski definition) is 2. The SMILES string of the molecule is Cc1cc(NC(=O)OCC(C)C)ccc1N1CCCC2(CCN(C3CCC(O)CC3)C2=O)C1. The van der Waals surface area contributed by atoms with Crippen molar-refractivity contribution in [2.75, 3.05) is 36.5 Å². The van der Waals surface area contributed by atoms with Gasteiger partial charge in [0.2, 0.25) is 5.91 Å². The summed E-state index contributed by atoms with van der Waals surface area (Å²) in [4.78, 5) is 30.1. The lowest BCUT2D eigenvalue weighted by Gasteiger charge is -2.42. The molecule has 2 amide bonds. The van der Waals surface area contributed by atoms with Crippen LogP contribution in [0, 0.1) is 18.3 Å². The average Bonchev–Trinajstić information content (AvgIpc) is 3.08. The molecule has 2 N–H and O–H groups in total. The van der Waals surface area contributed by atoms with Gasteiger partial charge in [-0.1, -0.05) is 13.8 Å². The van der Waals surface area contributed by atoms with Crippen LogP contribution >= 0.6 is 0 Å². The van der Waals surface area contributed by atoms with E-state index in [2.05, 4.69) is 22.0 Å². The van der Waals surface area contributed by atoms with Gasteiger partial charge in [0.1, 0.15) is 0 Å². The summed E-state index contributed by atoms with van der Waals surface area (Å²) in [6.45, 7) is 8.99. The van der Waals surface area contributed by atoms with Crippen LogP contribution in [0.3, 0.4) is 0 Å². The third kappa shape index (κ3) is 5.29. The number of piperidine rings is 1. The first-order valence-corrected chi connectivity index (χ1v) is 12.6. The maximum absolute atomic E-state index is 13.6. The Labute approximate surface area is 197 Å². The zero-order chi connectivity index (χ0) is 23.6. The van der Waals surface area contributed by atoms with E-state index in [1.54, 1.807) is 0 Å². The first-order valence-electron chi connectivity index (χ1n) is 12.6. The van der Waals surface area contributed by atoms with Gasteiger partial charge in [-0.05, 0) is 81.5 Å². The molecule has 4 rings (SSSR count). The van der Waals surface area contributed by atoms with Crippen LogP contribution < -0.4 is 10.2 Å². The number of amides is 2. The normalized spacial score (nSPS) is 28.0. The summed E-state index contributed by atoms with van der Waals surface area (Å²) in [6, 6.07) is 6.23. The summed E-state index contributed by atoms with van der Waals surface area (Å²) >= 11 is 0. The highest BCUT2D eigenvalue weighted by Gasteiger charge is 2.50. The fraction of sp³-hybridized carbons (Fsp3) is 0.692. The number of anilines is 2. The highest BCUT2D eigenvalue weighted by molar-refractivity contribution is 5.87. The maximum atomic E-state index is 13.6. The number of ether oxygens (including phenoxy) is 1. The molecule has 2 heterocycles. The molecule has 7 heteroatoms. The van der Waals surface area contributed by atoms with Crippen LogP contribution in [-0.2, 0) is 9.53 Å². The Morgan fingerprint density at radius 1 is 1.21 bits per heavy atom. The molecule has 3 fully saturated rings. The van der Waals surface area contributed by atoms with Gasteiger partial charge >= 0.3 is 6.09 Å². The minimum atomic E-state index is -0.431. The zero-order valence-electron chi connectivity index (χ0n) is 20.3. The molecule has 2 aliphatic heterocycles. The van der Waals surface area contributed by atoms with E-state index in [1.165, 1.54) is 0 Å². The van der Waals surface area contributed by atoms with E-state index in [9.17, 15) is 14.7 Å². The molecule has 2 saturated heterocycles. The van der Waals surface area contributed by atoms with Crippen LogP contribution in [0.1, 0.15) is 64.4 Å². The first-order chi connectivity index (χ1) is 15.8. The van der Waals surface area contributed by atoms with E-state index in [-0.39, 0.29) is 17.6 Å². The number of aliphatic hydroxyl groups excluding tert-OH is 1. The summed E-state index contributed by atoms with van der Waals surface area (Å²) in [5.74, 6) is 0.614. The Hall–Kier alpha value is -2.28. The first kappa shape index (κ1) is 23.9. The molecule has 3 aliphatic rings. The number of benzene rings is 1. The van der Waals surface area contributed by atoms with Crippen molar-refractivity contribution in [3.05, 3.63) is 23.8 Å². The number of nitrogens with one attached hydrogen (secondary N) is 1. The number of aryl methyl sites for hydroxylation is 1. The van der Waals surface area contributed by atoms with E-state index in [1.807, 2.05) is 32.0 Å². The Morgan fingerprint density at radius 3 is 2.67 bits per heavy atom. The Morgan fingerprint density at radius 2 is 1.97 bits per heavy atom. The highest BCUT2D eigenvalue weighted by Crippen LogP contribution is 2.44. The highest BCUT2D eigenvalue weighted by atomic mass is 16.5. The fourth-order valence-corrected chi connectivity index (χ4v) is 5.77. The van der Waals surface area contributed by atoms with Crippen LogP contribution in [0.5, 0.6) is 0 Å². The van der Waals surface area contributed by atoms with E-state index < -0.39 is 6.09 Å². The average molecular weight is 458 g/mol. The monoisotopic (exact) mass is 457 g/mol. The van der Waals surface area contributed by atoms with Gasteiger partial charge in [0.15, 0.2) is 0 Å². The van der Waals surface area contributed by atoms with Crippen molar-refractivity contribution in [3.63, 3.8) is 0 Å².